The van der Waals surface area contributed by atoms with E-state index in [2.05, 4.69) is 0 Å². The van der Waals surface area contributed by atoms with Crippen LogP contribution in [0.2, 0.25) is 0 Å². The van der Waals surface area contributed by atoms with Crippen molar-refractivity contribution in [2.24, 2.45) is 16.7 Å². The van der Waals surface area contributed by atoms with Gasteiger partial charge < -0.3 is 33.9 Å². The number of ether oxygens (including phenoxy) is 5. The number of thioether (sulfide) groups is 1. The van der Waals surface area contributed by atoms with Gasteiger partial charge in [-0.1, -0.05) is 32.0 Å². The molecule has 45 heavy (non-hydrogen) atoms. The maximum absolute atomic E-state index is 15.2. The fraction of sp³-hybridized carbons (Fsp3) is 0.636. The maximum Gasteiger partial charge on any atom is 0.338 e. The second-order valence-corrected chi connectivity index (χ2v) is 14.1. The number of esters is 3. The summed E-state index contributed by atoms with van der Waals surface area (Å²) >= 11 is 1.39. The van der Waals surface area contributed by atoms with Gasteiger partial charge in [0.2, 0.25) is 0 Å². The van der Waals surface area contributed by atoms with Crippen molar-refractivity contribution in [3.05, 3.63) is 47.0 Å². The molecule has 246 valence electrons. The standard InChI is InChI=1S/C33H42O11S/c1-17-21(36)14-33(39)28(43-29(38)20-11-9-8-10-12-20)26-31(6,27(37)25(42-18(2)34)24(17)30(33,4)5)22(41-16-45-7)13-23-32(26,15-40-23)44-19(3)35/h8-12,21-23,25-26,28,36,39H,13-16H2,1-7H3/t21-,22-,23+,25+,26-,28-,31+,32-,33+/m0/s1. The van der Waals surface area contributed by atoms with E-state index in [0.717, 1.165) is 0 Å². The average Bonchev–Trinajstić information content (AvgIpc) is 2.96. The molecule has 11 nitrogen and oxygen atoms in total. The topological polar surface area (TPSA) is 155 Å². The molecule has 4 aliphatic rings. The Morgan fingerprint density at radius 3 is 2.29 bits per heavy atom. The summed E-state index contributed by atoms with van der Waals surface area (Å²) in [6.07, 6.45) is -4.29. The van der Waals surface area contributed by atoms with Gasteiger partial charge in [0, 0.05) is 32.1 Å². The molecule has 2 saturated carbocycles. The maximum atomic E-state index is 15.2. The molecule has 2 N–H and O–H groups in total. The smallest absolute Gasteiger partial charge is 0.338 e. The molecular weight excluding hydrogens is 604 g/mol. The van der Waals surface area contributed by atoms with E-state index < -0.39 is 82.2 Å². The third kappa shape index (κ3) is 5.04. The predicted molar refractivity (Wildman–Crippen MR) is 162 cm³/mol. The zero-order valence-corrected chi connectivity index (χ0v) is 27.5. The lowest BCUT2D eigenvalue weighted by atomic mass is 9.44. The number of carbonyl (C=O) groups excluding carboxylic acids is 4. The molecule has 1 aromatic carbocycles. The van der Waals surface area contributed by atoms with Crippen LogP contribution in [0, 0.1) is 16.7 Å². The monoisotopic (exact) mass is 646 g/mol. The molecule has 1 saturated heterocycles. The van der Waals surface area contributed by atoms with E-state index in [9.17, 15) is 24.6 Å². The van der Waals surface area contributed by atoms with E-state index >= 15 is 4.79 Å². The first kappa shape index (κ1) is 33.6. The van der Waals surface area contributed by atoms with Gasteiger partial charge in [-0.25, -0.2) is 4.79 Å². The molecule has 3 fully saturated rings. The van der Waals surface area contributed by atoms with Gasteiger partial charge in [0.1, 0.15) is 17.8 Å². The highest BCUT2D eigenvalue weighted by molar-refractivity contribution is 7.98. The molecule has 2 bridgehead atoms. The van der Waals surface area contributed by atoms with Crippen molar-refractivity contribution in [2.45, 2.75) is 96.1 Å². The first-order chi connectivity index (χ1) is 21.1. The van der Waals surface area contributed by atoms with Gasteiger partial charge in [-0.05, 0) is 43.4 Å². The second kappa shape index (κ2) is 11.8. The molecular formula is C33H42O11S. The van der Waals surface area contributed by atoms with Gasteiger partial charge in [0.05, 0.1) is 41.7 Å². The lowest BCUT2D eigenvalue weighted by Crippen LogP contribution is -2.82. The molecule has 1 aliphatic heterocycles. The van der Waals surface area contributed by atoms with Crippen LogP contribution in [0.15, 0.2) is 41.5 Å². The summed E-state index contributed by atoms with van der Waals surface area (Å²) in [6.45, 7) is 8.89. The van der Waals surface area contributed by atoms with Crippen LogP contribution in [0.3, 0.4) is 0 Å². The van der Waals surface area contributed by atoms with Gasteiger partial charge in [-0.3, -0.25) is 14.4 Å². The van der Waals surface area contributed by atoms with Crippen molar-refractivity contribution >= 4 is 35.5 Å². The van der Waals surface area contributed by atoms with E-state index in [1.165, 1.54) is 25.6 Å². The molecule has 12 heteroatoms. The lowest BCUT2D eigenvalue weighted by molar-refractivity contribution is -0.347. The Morgan fingerprint density at radius 2 is 1.73 bits per heavy atom. The number of carbonyl (C=O) groups is 4. The zero-order valence-electron chi connectivity index (χ0n) is 26.7. The Hall–Kier alpha value is -2.77. The zero-order chi connectivity index (χ0) is 33.1. The van der Waals surface area contributed by atoms with E-state index in [1.54, 1.807) is 58.0 Å². The van der Waals surface area contributed by atoms with Crippen molar-refractivity contribution < 1.29 is 53.1 Å². The lowest BCUT2D eigenvalue weighted by Gasteiger charge is -2.67. The largest absolute Gasteiger partial charge is 0.455 e. The van der Waals surface area contributed by atoms with Crippen LogP contribution in [-0.4, -0.2) is 94.4 Å². The number of aliphatic hydroxyl groups is 2. The number of aliphatic hydroxyl groups excluding tert-OH is 1. The highest BCUT2D eigenvalue weighted by Crippen LogP contribution is 2.64. The molecule has 1 heterocycles. The SMILES string of the molecule is CSCO[C@H]1C[C@H]2OC[C@@]2(OC(C)=O)[C@H]2[C@H](OC(=O)c3ccccc3)[C@]3(O)C[C@H](O)C(C)=C([C@@H](OC(C)=O)C(=O)[C@]12C)C3(C)C. The first-order valence-electron chi connectivity index (χ1n) is 15.1. The minimum atomic E-state index is -2.06. The summed E-state index contributed by atoms with van der Waals surface area (Å²) in [5.74, 6) is -3.80. The Morgan fingerprint density at radius 1 is 1.07 bits per heavy atom. The molecule has 3 aliphatic carbocycles. The fourth-order valence-electron chi connectivity index (χ4n) is 8.28. The fourth-order valence-corrected chi connectivity index (χ4v) is 8.58. The third-order valence-electron chi connectivity index (χ3n) is 10.6. The molecule has 0 unspecified atom stereocenters. The number of rotatable bonds is 7. The number of benzene rings is 1. The number of ketones is 1. The van der Waals surface area contributed by atoms with Gasteiger partial charge in [0.25, 0.3) is 0 Å². The Balaban J connectivity index is 1.85. The normalized spacial score (nSPS) is 38.5. The van der Waals surface area contributed by atoms with Crippen molar-refractivity contribution in [3.8, 4) is 0 Å². The number of Topliss-reactive ketones (excluding diaryl/α,β-unsaturated/α-hetero) is 1. The van der Waals surface area contributed by atoms with Crippen LogP contribution in [0.25, 0.3) is 0 Å². The van der Waals surface area contributed by atoms with Gasteiger partial charge >= 0.3 is 17.9 Å². The van der Waals surface area contributed by atoms with Crippen LogP contribution in [0.5, 0.6) is 0 Å². The highest BCUT2D eigenvalue weighted by atomic mass is 32.2. The molecule has 0 spiro atoms. The van der Waals surface area contributed by atoms with Gasteiger partial charge in [0.15, 0.2) is 17.5 Å². The van der Waals surface area contributed by atoms with Crippen LogP contribution >= 0.6 is 11.8 Å². The summed E-state index contributed by atoms with van der Waals surface area (Å²) < 4.78 is 30.5. The van der Waals surface area contributed by atoms with Crippen molar-refractivity contribution in [1.82, 2.24) is 0 Å². The molecule has 0 amide bonds. The van der Waals surface area contributed by atoms with Crippen LogP contribution < -0.4 is 0 Å². The quantitative estimate of drug-likeness (QED) is 0.194. The minimum Gasteiger partial charge on any atom is -0.455 e. The Kier molecular flexibility index (Phi) is 8.80. The third-order valence-corrected chi connectivity index (χ3v) is 10.9. The summed E-state index contributed by atoms with van der Waals surface area (Å²) in [7, 11) is 0. The number of hydrogen-bond acceptors (Lipinski definition) is 12. The van der Waals surface area contributed by atoms with Crippen LogP contribution in [0.1, 0.15) is 64.7 Å². The Bertz CT molecular complexity index is 1410. The summed E-state index contributed by atoms with van der Waals surface area (Å²) in [5.41, 5.74) is -5.86. The van der Waals surface area contributed by atoms with Gasteiger partial charge in [-0.2, -0.15) is 0 Å². The molecule has 0 aromatic heterocycles. The van der Waals surface area contributed by atoms with Crippen LogP contribution in [0.4, 0.5) is 0 Å². The molecule has 1 aromatic rings. The Labute approximate surface area is 266 Å². The first-order valence-corrected chi connectivity index (χ1v) is 16.5. The molecule has 9 atom stereocenters. The van der Waals surface area contributed by atoms with Crippen molar-refractivity contribution in [1.29, 1.82) is 0 Å². The summed E-state index contributed by atoms with van der Waals surface area (Å²) in [5, 5.41) is 24.5. The number of fused-ring (bicyclic) bond motifs is 5. The highest BCUT2D eigenvalue weighted by Gasteiger charge is 2.78. The predicted octanol–water partition coefficient (Wildman–Crippen LogP) is 3.00. The molecule has 0 radical (unpaired) electrons. The molecule has 5 rings (SSSR count). The van der Waals surface area contributed by atoms with E-state index in [4.69, 9.17) is 23.7 Å². The summed E-state index contributed by atoms with van der Waals surface area (Å²) in [4.78, 5) is 54.5. The van der Waals surface area contributed by atoms with E-state index in [1.807, 2.05) is 6.26 Å². The van der Waals surface area contributed by atoms with Gasteiger partial charge in [-0.15, -0.1) is 11.8 Å². The van der Waals surface area contributed by atoms with Crippen molar-refractivity contribution in [2.75, 3.05) is 18.8 Å². The minimum absolute atomic E-state index is 0.140. The van der Waals surface area contributed by atoms with E-state index in [-0.39, 0.29) is 36.5 Å². The number of hydrogen-bond donors (Lipinski definition) is 2. The van der Waals surface area contributed by atoms with Crippen LogP contribution in [-0.2, 0) is 38.1 Å². The van der Waals surface area contributed by atoms with E-state index in [0.29, 0.717) is 5.57 Å². The van der Waals surface area contributed by atoms with Crippen molar-refractivity contribution in [3.63, 3.8) is 0 Å². The summed E-state index contributed by atoms with van der Waals surface area (Å²) in [6, 6.07) is 8.21. The average molecular weight is 647 g/mol. The second-order valence-electron chi connectivity index (χ2n) is 13.3.